The summed E-state index contributed by atoms with van der Waals surface area (Å²) >= 11 is 0. The van der Waals surface area contributed by atoms with Crippen LogP contribution in [-0.4, -0.2) is 83.8 Å². The number of benzene rings is 1. The number of amides is 1. The topological polar surface area (TPSA) is 77.0 Å². The molecule has 1 aromatic heterocycles. The van der Waals surface area contributed by atoms with E-state index in [1.807, 2.05) is 29.2 Å². The first-order valence-corrected chi connectivity index (χ1v) is 12.4. The minimum absolute atomic E-state index is 0.189. The van der Waals surface area contributed by atoms with Crippen LogP contribution in [0.1, 0.15) is 42.9 Å². The Morgan fingerprint density at radius 1 is 0.941 bits per heavy atom. The normalized spacial score (nSPS) is 23.1. The van der Waals surface area contributed by atoms with Gasteiger partial charge in [0.1, 0.15) is 17.5 Å². The summed E-state index contributed by atoms with van der Waals surface area (Å²) in [5.41, 5.74) is 2.06. The van der Waals surface area contributed by atoms with Crippen molar-refractivity contribution in [2.24, 2.45) is 0 Å². The Bertz CT molecular complexity index is 956. The minimum Gasteiger partial charge on any atom is -0.437 e. The largest absolute Gasteiger partial charge is 0.437 e. The van der Waals surface area contributed by atoms with Crippen molar-refractivity contribution in [3.63, 3.8) is 0 Å². The van der Waals surface area contributed by atoms with E-state index in [1.54, 1.807) is 12.4 Å². The highest BCUT2D eigenvalue weighted by molar-refractivity contribution is 5.82. The first-order valence-electron chi connectivity index (χ1n) is 12.4. The van der Waals surface area contributed by atoms with Gasteiger partial charge in [0.2, 0.25) is 11.8 Å². The summed E-state index contributed by atoms with van der Waals surface area (Å²) in [5.74, 6) is 1.72. The van der Waals surface area contributed by atoms with Crippen molar-refractivity contribution < 1.29 is 19.0 Å². The van der Waals surface area contributed by atoms with Gasteiger partial charge in [-0.25, -0.2) is 4.98 Å². The second-order valence-electron chi connectivity index (χ2n) is 9.43. The van der Waals surface area contributed by atoms with E-state index in [1.165, 1.54) is 5.56 Å². The number of hydrogen-bond acceptors (Lipinski definition) is 7. The van der Waals surface area contributed by atoms with Gasteiger partial charge in [-0.1, -0.05) is 17.7 Å². The number of aromatic nitrogens is 2. The third-order valence-electron chi connectivity index (χ3n) is 7.23. The van der Waals surface area contributed by atoms with Gasteiger partial charge < -0.3 is 19.1 Å². The van der Waals surface area contributed by atoms with E-state index < -0.39 is 0 Å². The Labute approximate surface area is 201 Å². The van der Waals surface area contributed by atoms with Crippen LogP contribution in [0.25, 0.3) is 0 Å². The van der Waals surface area contributed by atoms with E-state index in [0.717, 1.165) is 56.9 Å². The molecule has 8 nitrogen and oxygen atoms in total. The monoisotopic (exact) mass is 466 g/mol. The van der Waals surface area contributed by atoms with Crippen LogP contribution in [0, 0.1) is 6.92 Å². The number of carbonyl (C=O) groups excluding carboxylic acids is 1. The summed E-state index contributed by atoms with van der Waals surface area (Å²) in [4.78, 5) is 27.0. The molecule has 0 unspecified atom stereocenters. The van der Waals surface area contributed by atoms with Gasteiger partial charge in [0, 0.05) is 57.2 Å². The smallest absolute Gasteiger partial charge is 0.242 e. The Kier molecular flexibility index (Phi) is 7.37. The number of piperidine rings is 1. The maximum Gasteiger partial charge on any atom is 0.242 e. The fraction of sp³-hybridized carbons (Fsp3) is 0.577. The molecule has 2 aromatic rings. The van der Waals surface area contributed by atoms with Crippen molar-refractivity contribution in [2.45, 2.75) is 50.6 Å². The Morgan fingerprint density at radius 2 is 1.68 bits per heavy atom. The lowest BCUT2D eigenvalue weighted by Crippen LogP contribution is -2.59. The van der Waals surface area contributed by atoms with Crippen molar-refractivity contribution in [2.75, 3.05) is 46.1 Å². The summed E-state index contributed by atoms with van der Waals surface area (Å²) in [6.07, 6.45) is 7.06. The molecular formula is C26H34N4O4. The molecule has 3 fully saturated rings. The fourth-order valence-electron chi connectivity index (χ4n) is 5.28. The molecule has 0 bridgehead atoms. The third-order valence-corrected chi connectivity index (χ3v) is 7.23. The molecule has 1 aromatic carbocycles. The minimum atomic E-state index is -0.189. The maximum absolute atomic E-state index is 13.5. The van der Waals surface area contributed by atoms with E-state index in [-0.39, 0.29) is 17.9 Å². The van der Waals surface area contributed by atoms with Crippen molar-refractivity contribution in [1.29, 1.82) is 0 Å². The number of ether oxygens (including phenoxy) is 3. The lowest BCUT2D eigenvalue weighted by atomic mass is 9.92. The molecule has 0 aliphatic carbocycles. The molecule has 3 aliphatic rings. The second kappa shape index (κ2) is 10.8. The van der Waals surface area contributed by atoms with Gasteiger partial charge in [-0.2, -0.15) is 0 Å². The van der Waals surface area contributed by atoms with Gasteiger partial charge in [0.15, 0.2) is 0 Å². The van der Waals surface area contributed by atoms with E-state index in [9.17, 15) is 4.79 Å². The van der Waals surface area contributed by atoms with Gasteiger partial charge >= 0.3 is 0 Å². The zero-order valence-electron chi connectivity index (χ0n) is 19.9. The van der Waals surface area contributed by atoms with Crippen LogP contribution in [0.2, 0.25) is 0 Å². The van der Waals surface area contributed by atoms with Crippen LogP contribution in [0.15, 0.2) is 36.7 Å². The zero-order chi connectivity index (χ0) is 23.3. The van der Waals surface area contributed by atoms with E-state index in [2.05, 4.69) is 21.8 Å². The standard InChI is InChI=1S/C26H34N4O4/c1-19-2-4-22(5-3-19)34-25-24(27-10-11-28-25)20-6-12-29(13-7-20)26(31)23-18-33-17-14-30(23)21-8-15-32-16-9-21/h2-5,10-11,20-21,23H,6-9,12-18H2,1H3/t23-/m1/s1. The van der Waals surface area contributed by atoms with Gasteiger partial charge in [-0.05, 0) is 44.7 Å². The molecule has 0 N–H and O–H groups in total. The van der Waals surface area contributed by atoms with Gasteiger partial charge in [-0.3, -0.25) is 14.7 Å². The lowest BCUT2D eigenvalue weighted by Gasteiger charge is -2.44. The first kappa shape index (κ1) is 23.2. The molecule has 0 spiro atoms. The highest BCUT2D eigenvalue weighted by Gasteiger charge is 2.38. The highest BCUT2D eigenvalue weighted by atomic mass is 16.5. The SMILES string of the molecule is Cc1ccc(Oc2nccnc2C2CCN(C(=O)[C@H]3COCCN3C3CCOCC3)CC2)cc1. The Balaban J connectivity index is 1.22. The van der Waals surface area contributed by atoms with Crippen LogP contribution in [0.4, 0.5) is 0 Å². The number of aryl methyl sites for hydroxylation is 1. The Morgan fingerprint density at radius 3 is 2.44 bits per heavy atom. The van der Waals surface area contributed by atoms with Crippen LogP contribution in [-0.2, 0) is 14.3 Å². The number of rotatable bonds is 5. The molecule has 5 rings (SSSR count). The van der Waals surface area contributed by atoms with Crippen molar-refractivity contribution >= 4 is 5.91 Å². The number of hydrogen-bond donors (Lipinski definition) is 0. The van der Waals surface area contributed by atoms with E-state index in [0.29, 0.717) is 38.2 Å². The van der Waals surface area contributed by atoms with Crippen molar-refractivity contribution in [3.8, 4) is 11.6 Å². The second-order valence-corrected chi connectivity index (χ2v) is 9.43. The molecule has 3 saturated heterocycles. The Hall–Kier alpha value is -2.55. The molecule has 0 radical (unpaired) electrons. The highest BCUT2D eigenvalue weighted by Crippen LogP contribution is 2.34. The first-order chi connectivity index (χ1) is 16.7. The van der Waals surface area contributed by atoms with Crippen LogP contribution >= 0.6 is 0 Å². The predicted molar refractivity (Wildman–Crippen MR) is 127 cm³/mol. The summed E-state index contributed by atoms with van der Waals surface area (Å²) in [6.45, 7) is 7.02. The lowest BCUT2D eigenvalue weighted by molar-refractivity contribution is -0.148. The number of likely N-dealkylation sites (tertiary alicyclic amines) is 1. The van der Waals surface area contributed by atoms with Gasteiger partial charge in [0.25, 0.3) is 0 Å². The molecule has 34 heavy (non-hydrogen) atoms. The molecule has 4 heterocycles. The van der Waals surface area contributed by atoms with E-state index in [4.69, 9.17) is 14.2 Å². The maximum atomic E-state index is 13.5. The van der Waals surface area contributed by atoms with Gasteiger partial charge in [-0.15, -0.1) is 0 Å². The zero-order valence-corrected chi connectivity index (χ0v) is 19.9. The average Bonchev–Trinajstić information content (AvgIpc) is 2.90. The predicted octanol–water partition coefficient (Wildman–Crippen LogP) is 3.16. The third kappa shape index (κ3) is 5.24. The van der Waals surface area contributed by atoms with Crippen LogP contribution < -0.4 is 4.74 Å². The number of morpholine rings is 1. The molecular weight excluding hydrogens is 432 g/mol. The summed E-state index contributed by atoms with van der Waals surface area (Å²) < 4.78 is 17.3. The van der Waals surface area contributed by atoms with Crippen molar-refractivity contribution in [3.05, 3.63) is 47.9 Å². The van der Waals surface area contributed by atoms with Crippen molar-refractivity contribution in [1.82, 2.24) is 19.8 Å². The van der Waals surface area contributed by atoms with Gasteiger partial charge in [0.05, 0.1) is 13.2 Å². The molecule has 1 atom stereocenters. The van der Waals surface area contributed by atoms with Crippen LogP contribution in [0.3, 0.4) is 0 Å². The average molecular weight is 467 g/mol. The molecule has 3 aliphatic heterocycles. The summed E-state index contributed by atoms with van der Waals surface area (Å²) in [6, 6.07) is 8.16. The number of nitrogens with zero attached hydrogens (tertiary/aromatic N) is 4. The quantitative estimate of drug-likeness (QED) is 0.670. The molecule has 8 heteroatoms. The fourth-order valence-corrected chi connectivity index (χ4v) is 5.28. The number of carbonyl (C=O) groups is 1. The van der Waals surface area contributed by atoms with Crippen LogP contribution in [0.5, 0.6) is 11.6 Å². The van der Waals surface area contributed by atoms with E-state index >= 15 is 0 Å². The summed E-state index contributed by atoms with van der Waals surface area (Å²) in [5, 5.41) is 0. The molecule has 1 amide bonds. The molecule has 0 saturated carbocycles. The molecule has 182 valence electrons. The summed E-state index contributed by atoms with van der Waals surface area (Å²) in [7, 11) is 0.